The lowest BCUT2D eigenvalue weighted by atomic mass is 9.97. The van der Waals surface area contributed by atoms with Crippen LogP contribution in [-0.2, 0) is 6.42 Å². The Morgan fingerprint density at radius 1 is 1.05 bits per heavy atom. The number of carbonyl (C=O) groups excluding carboxylic acids is 1. The predicted molar refractivity (Wildman–Crippen MR) is 75.5 cm³/mol. The third-order valence-corrected chi connectivity index (χ3v) is 3.26. The van der Waals surface area contributed by atoms with E-state index in [9.17, 15) is 4.79 Å². The van der Waals surface area contributed by atoms with Crippen molar-refractivity contribution in [1.29, 1.82) is 0 Å². The van der Waals surface area contributed by atoms with E-state index in [0.29, 0.717) is 17.7 Å². The maximum atomic E-state index is 12.4. The van der Waals surface area contributed by atoms with Crippen molar-refractivity contribution in [2.75, 3.05) is 0 Å². The third-order valence-electron chi connectivity index (χ3n) is 3.26. The molecule has 19 heavy (non-hydrogen) atoms. The Hall–Kier alpha value is -2.03. The van der Waals surface area contributed by atoms with Crippen LogP contribution < -0.4 is 0 Å². The van der Waals surface area contributed by atoms with Gasteiger partial charge in [0.1, 0.15) is 0 Å². The molecule has 0 saturated heterocycles. The van der Waals surface area contributed by atoms with Gasteiger partial charge in [0.25, 0.3) is 0 Å². The van der Waals surface area contributed by atoms with Crippen LogP contribution in [0.25, 0.3) is 0 Å². The number of ketones is 1. The lowest BCUT2D eigenvalue weighted by molar-refractivity contribution is 0.0991. The van der Waals surface area contributed by atoms with Crippen molar-refractivity contribution < 1.29 is 4.79 Å². The van der Waals surface area contributed by atoms with E-state index < -0.39 is 0 Å². The summed E-state index contributed by atoms with van der Waals surface area (Å²) in [4.78, 5) is 12.4. The molecule has 98 valence electrons. The summed E-state index contributed by atoms with van der Waals surface area (Å²) in [5, 5.41) is 7.97. The first kappa shape index (κ1) is 13.4. The van der Waals surface area contributed by atoms with Crippen LogP contribution in [0.4, 0.5) is 0 Å². The summed E-state index contributed by atoms with van der Waals surface area (Å²) in [5.41, 5.74) is 5.55. The van der Waals surface area contributed by atoms with E-state index in [-0.39, 0.29) is 5.78 Å². The maximum absolute atomic E-state index is 12.4. The van der Waals surface area contributed by atoms with Gasteiger partial charge in [0.15, 0.2) is 5.78 Å². The molecule has 0 spiro atoms. The maximum Gasteiger partial charge on any atom is 0.169 e. The molecule has 1 heterocycles. The van der Waals surface area contributed by atoms with E-state index in [1.54, 1.807) is 0 Å². The number of benzene rings is 1. The quantitative estimate of drug-likeness (QED) is 0.790. The first-order valence-corrected chi connectivity index (χ1v) is 6.37. The first-order chi connectivity index (χ1) is 8.97. The molecule has 1 aromatic carbocycles. The minimum Gasteiger partial charge on any atom is -0.294 e. The second-order valence-electron chi connectivity index (χ2n) is 5.01. The van der Waals surface area contributed by atoms with Crippen molar-refractivity contribution in [3.8, 4) is 0 Å². The highest BCUT2D eigenvalue weighted by molar-refractivity contribution is 5.98. The van der Waals surface area contributed by atoms with Gasteiger partial charge in [0.05, 0.1) is 11.4 Å². The molecule has 2 aromatic rings. The number of carbonyl (C=O) groups is 1. The van der Waals surface area contributed by atoms with Gasteiger partial charge in [-0.25, -0.2) is 0 Å². The van der Waals surface area contributed by atoms with Crippen LogP contribution in [0, 0.1) is 27.7 Å². The molecule has 3 nitrogen and oxygen atoms in total. The average molecular weight is 254 g/mol. The number of aromatic nitrogens is 2. The lowest BCUT2D eigenvalue weighted by Gasteiger charge is -2.08. The fraction of sp³-hybridized carbons (Fsp3) is 0.312. The normalized spacial score (nSPS) is 10.5. The zero-order valence-corrected chi connectivity index (χ0v) is 11.8. The average Bonchev–Trinajstić information content (AvgIpc) is 2.36. The molecule has 0 unspecified atom stereocenters. The topological polar surface area (TPSA) is 42.9 Å². The van der Waals surface area contributed by atoms with Crippen molar-refractivity contribution in [2.24, 2.45) is 0 Å². The van der Waals surface area contributed by atoms with E-state index in [1.165, 1.54) is 5.56 Å². The van der Waals surface area contributed by atoms with Crippen LogP contribution in [0.3, 0.4) is 0 Å². The standard InChI is InChI=1S/C16H18N2O/c1-10-5-6-11(2)14(7-10)9-16(19)15-8-12(3)17-18-13(15)4/h5-8H,9H2,1-4H3. The molecular weight excluding hydrogens is 236 g/mol. The minimum absolute atomic E-state index is 0.101. The van der Waals surface area contributed by atoms with E-state index in [1.807, 2.05) is 33.8 Å². The Bertz CT molecular complexity index is 633. The molecule has 0 bridgehead atoms. The summed E-state index contributed by atoms with van der Waals surface area (Å²) >= 11 is 0. The fourth-order valence-electron chi connectivity index (χ4n) is 2.09. The highest BCUT2D eigenvalue weighted by atomic mass is 16.1. The van der Waals surface area contributed by atoms with Gasteiger partial charge in [0, 0.05) is 12.0 Å². The highest BCUT2D eigenvalue weighted by Gasteiger charge is 2.13. The lowest BCUT2D eigenvalue weighted by Crippen LogP contribution is -2.09. The van der Waals surface area contributed by atoms with Crippen LogP contribution in [0.2, 0.25) is 0 Å². The molecule has 0 fully saturated rings. The van der Waals surface area contributed by atoms with Crippen LogP contribution in [-0.4, -0.2) is 16.0 Å². The largest absolute Gasteiger partial charge is 0.294 e. The van der Waals surface area contributed by atoms with E-state index in [0.717, 1.165) is 16.8 Å². The number of aryl methyl sites for hydroxylation is 4. The second-order valence-corrected chi connectivity index (χ2v) is 5.01. The van der Waals surface area contributed by atoms with E-state index >= 15 is 0 Å². The van der Waals surface area contributed by atoms with Gasteiger partial charge in [0.2, 0.25) is 0 Å². The number of hydrogen-bond acceptors (Lipinski definition) is 3. The zero-order chi connectivity index (χ0) is 14.0. The predicted octanol–water partition coefficient (Wildman–Crippen LogP) is 3.14. The van der Waals surface area contributed by atoms with Crippen LogP contribution in [0.5, 0.6) is 0 Å². The Morgan fingerprint density at radius 3 is 2.53 bits per heavy atom. The van der Waals surface area contributed by atoms with Gasteiger partial charge >= 0.3 is 0 Å². The minimum atomic E-state index is 0.101. The molecule has 2 rings (SSSR count). The SMILES string of the molecule is Cc1ccc(C)c(CC(=O)c2cc(C)nnc2C)c1. The molecule has 1 aromatic heterocycles. The van der Waals surface area contributed by atoms with E-state index in [4.69, 9.17) is 0 Å². The summed E-state index contributed by atoms with van der Waals surface area (Å²) in [6.07, 6.45) is 0.416. The van der Waals surface area contributed by atoms with Crippen LogP contribution in [0.15, 0.2) is 24.3 Å². The molecule has 0 amide bonds. The molecule has 0 aliphatic rings. The van der Waals surface area contributed by atoms with Gasteiger partial charge in [-0.15, -0.1) is 0 Å². The zero-order valence-electron chi connectivity index (χ0n) is 11.8. The molecular formula is C16H18N2O. The Kier molecular flexibility index (Phi) is 3.74. The smallest absolute Gasteiger partial charge is 0.169 e. The van der Waals surface area contributed by atoms with Crippen LogP contribution >= 0.6 is 0 Å². The van der Waals surface area contributed by atoms with Crippen molar-refractivity contribution in [3.63, 3.8) is 0 Å². The number of nitrogens with zero attached hydrogens (tertiary/aromatic N) is 2. The van der Waals surface area contributed by atoms with Gasteiger partial charge in [-0.3, -0.25) is 4.79 Å². The number of rotatable bonds is 3. The molecule has 0 saturated carbocycles. The number of hydrogen-bond donors (Lipinski definition) is 0. The van der Waals surface area contributed by atoms with Crippen molar-refractivity contribution in [3.05, 3.63) is 57.9 Å². The molecule has 3 heteroatoms. The fourth-order valence-corrected chi connectivity index (χ4v) is 2.09. The van der Waals surface area contributed by atoms with Crippen LogP contribution in [0.1, 0.15) is 38.4 Å². The summed E-state index contributed by atoms with van der Waals surface area (Å²) in [7, 11) is 0. The summed E-state index contributed by atoms with van der Waals surface area (Å²) in [6.45, 7) is 7.74. The van der Waals surface area contributed by atoms with Gasteiger partial charge in [-0.1, -0.05) is 23.8 Å². The summed E-state index contributed by atoms with van der Waals surface area (Å²) in [5.74, 6) is 0.101. The summed E-state index contributed by atoms with van der Waals surface area (Å²) < 4.78 is 0. The number of Topliss-reactive ketones (excluding diaryl/α,β-unsaturated/α-hetero) is 1. The molecule has 0 radical (unpaired) electrons. The Morgan fingerprint density at radius 2 is 1.79 bits per heavy atom. The van der Waals surface area contributed by atoms with Gasteiger partial charge in [-0.05, 0) is 44.9 Å². The van der Waals surface area contributed by atoms with E-state index in [2.05, 4.69) is 28.4 Å². The van der Waals surface area contributed by atoms with Crippen molar-refractivity contribution in [1.82, 2.24) is 10.2 Å². The van der Waals surface area contributed by atoms with Gasteiger partial charge in [-0.2, -0.15) is 10.2 Å². The Balaban J connectivity index is 2.30. The monoisotopic (exact) mass is 254 g/mol. The second kappa shape index (κ2) is 5.31. The molecule has 0 N–H and O–H groups in total. The third kappa shape index (κ3) is 3.05. The van der Waals surface area contributed by atoms with Crippen molar-refractivity contribution in [2.45, 2.75) is 34.1 Å². The van der Waals surface area contributed by atoms with Crippen molar-refractivity contribution >= 4 is 5.78 Å². The molecule has 0 aliphatic carbocycles. The molecule has 0 atom stereocenters. The highest BCUT2D eigenvalue weighted by Crippen LogP contribution is 2.15. The Labute approximate surface area is 113 Å². The summed E-state index contributed by atoms with van der Waals surface area (Å²) in [6, 6.07) is 8.01. The van der Waals surface area contributed by atoms with Gasteiger partial charge < -0.3 is 0 Å². The first-order valence-electron chi connectivity index (χ1n) is 6.37. The molecule has 0 aliphatic heterocycles.